The smallest absolute Gasteiger partial charge is 0.336 e. The molecule has 27 heavy (non-hydrogen) atoms. The molecule has 0 bridgehead atoms. The van der Waals surface area contributed by atoms with Crippen molar-refractivity contribution < 1.29 is 23.8 Å². The maximum absolute atomic E-state index is 13.1. The number of fused-ring (bicyclic) bond motifs is 2. The molecule has 0 spiro atoms. The van der Waals surface area contributed by atoms with Gasteiger partial charge in [-0.25, -0.2) is 9.18 Å². The van der Waals surface area contributed by atoms with Crippen LogP contribution in [0, 0.1) is 5.82 Å². The normalized spacial score (nSPS) is 13.1. The number of carbonyl (C=O) groups excluding carboxylic acids is 1. The molecule has 1 N–H and O–H groups in total. The highest BCUT2D eigenvalue weighted by atomic mass is 19.1. The third-order valence-corrected chi connectivity index (χ3v) is 4.68. The van der Waals surface area contributed by atoms with Crippen molar-refractivity contribution in [2.75, 3.05) is 7.11 Å². The van der Waals surface area contributed by atoms with Gasteiger partial charge in [0.1, 0.15) is 11.3 Å². The highest BCUT2D eigenvalue weighted by molar-refractivity contribution is 6.14. The van der Waals surface area contributed by atoms with Gasteiger partial charge in [0.25, 0.3) is 5.91 Å². The first kappa shape index (κ1) is 17.0. The van der Waals surface area contributed by atoms with Gasteiger partial charge in [-0.2, -0.15) is 0 Å². The predicted molar refractivity (Wildman–Crippen MR) is 95.2 cm³/mol. The fraction of sp³-hybridized carbons (Fsp3) is 0.150. The van der Waals surface area contributed by atoms with Crippen molar-refractivity contribution in [3.63, 3.8) is 0 Å². The molecule has 1 aliphatic heterocycles. The zero-order valence-corrected chi connectivity index (χ0v) is 14.4. The van der Waals surface area contributed by atoms with E-state index in [0.29, 0.717) is 16.5 Å². The Morgan fingerprint density at radius 1 is 1.30 bits per heavy atom. The Hall–Kier alpha value is -3.48. The van der Waals surface area contributed by atoms with Gasteiger partial charge in [0.15, 0.2) is 5.75 Å². The zero-order chi connectivity index (χ0) is 19.1. The second kappa shape index (κ2) is 6.35. The second-order valence-corrected chi connectivity index (χ2v) is 6.25. The first-order valence-electron chi connectivity index (χ1n) is 8.25. The Balaban J connectivity index is 1.86. The molecule has 0 radical (unpaired) electrons. The first-order chi connectivity index (χ1) is 13.0. The second-order valence-electron chi connectivity index (χ2n) is 6.25. The van der Waals surface area contributed by atoms with E-state index in [4.69, 9.17) is 4.74 Å². The van der Waals surface area contributed by atoms with Gasteiger partial charge >= 0.3 is 5.97 Å². The maximum Gasteiger partial charge on any atom is 0.336 e. The lowest BCUT2D eigenvalue weighted by Crippen LogP contribution is -2.23. The van der Waals surface area contributed by atoms with Crippen molar-refractivity contribution in [1.82, 2.24) is 9.88 Å². The fourth-order valence-corrected chi connectivity index (χ4v) is 3.52. The van der Waals surface area contributed by atoms with Gasteiger partial charge in [0.05, 0.1) is 18.2 Å². The molecule has 0 fully saturated rings. The van der Waals surface area contributed by atoms with Crippen LogP contribution < -0.4 is 4.74 Å². The van der Waals surface area contributed by atoms with Gasteiger partial charge in [0.2, 0.25) is 0 Å². The lowest BCUT2D eigenvalue weighted by Gasteiger charge is -2.15. The van der Waals surface area contributed by atoms with Crippen molar-refractivity contribution in [2.45, 2.75) is 13.1 Å². The van der Waals surface area contributed by atoms with Crippen molar-refractivity contribution in [1.29, 1.82) is 0 Å². The molecular formula is C20H15FN2O4. The predicted octanol–water partition coefficient (Wildman–Crippen LogP) is 3.24. The van der Waals surface area contributed by atoms with Crippen LogP contribution >= 0.6 is 0 Å². The van der Waals surface area contributed by atoms with Crippen LogP contribution in [-0.2, 0) is 13.1 Å². The summed E-state index contributed by atoms with van der Waals surface area (Å²) < 4.78 is 18.6. The van der Waals surface area contributed by atoms with E-state index in [1.807, 2.05) is 0 Å². The number of nitrogens with zero attached hydrogens (tertiary/aromatic N) is 2. The van der Waals surface area contributed by atoms with Crippen LogP contribution in [0.15, 0.2) is 42.6 Å². The van der Waals surface area contributed by atoms with Crippen LogP contribution in [-0.4, -0.2) is 34.0 Å². The van der Waals surface area contributed by atoms with Crippen molar-refractivity contribution in [2.24, 2.45) is 0 Å². The van der Waals surface area contributed by atoms with Crippen molar-refractivity contribution >= 4 is 22.8 Å². The number of amides is 1. The number of carboxylic acid groups (broad SMARTS) is 1. The summed E-state index contributed by atoms with van der Waals surface area (Å²) in [7, 11) is 1.43. The molecule has 3 aromatic rings. The van der Waals surface area contributed by atoms with Crippen molar-refractivity contribution in [3.8, 4) is 5.75 Å². The third kappa shape index (κ3) is 2.68. The van der Waals surface area contributed by atoms with Crippen LogP contribution in [0.25, 0.3) is 10.9 Å². The Morgan fingerprint density at radius 2 is 2.04 bits per heavy atom. The summed E-state index contributed by atoms with van der Waals surface area (Å²) in [6.45, 7) is 0.369. The Kier molecular flexibility index (Phi) is 3.99. The molecule has 6 nitrogen and oxygen atoms in total. The number of halogens is 1. The molecule has 0 saturated carbocycles. The highest BCUT2D eigenvalue weighted by Gasteiger charge is 2.37. The summed E-state index contributed by atoms with van der Waals surface area (Å²) in [5, 5.41) is 10.2. The minimum atomic E-state index is -1.12. The molecule has 1 aliphatic rings. The molecule has 2 aromatic carbocycles. The summed E-state index contributed by atoms with van der Waals surface area (Å²) >= 11 is 0. The summed E-state index contributed by atoms with van der Waals surface area (Å²) in [5.41, 5.74) is 1.78. The zero-order valence-electron chi connectivity index (χ0n) is 14.4. The molecule has 0 atom stereocenters. The van der Waals surface area contributed by atoms with Crippen LogP contribution in [0.4, 0.5) is 4.39 Å². The molecular weight excluding hydrogens is 351 g/mol. The minimum Gasteiger partial charge on any atom is -0.494 e. The van der Waals surface area contributed by atoms with Crippen LogP contribution in [0.1, 0.15) is 31.8 Å². The standard InChI is InChI=1S/C20H15FN2O4/c1-27-18-16-14(15(20(25)26)13-3-2-8-22-17(13)18)10-23(19(16)24)9-11-4-6-12(21)7-5-11/h2-8H,9-10H2,1H3,(H,25,26). The van der Waals surface area contributed by atoms with E-state index in [0.717, 1.165) is 5.56 Å². The molecule has 2 heterocycles. The number of methoxy groups -OCH3 is 1. The molecule has 0 saturated heterocycles. The number of carbonyl (C=O) groups is 2. The number of carboxylic acids is 1. The van der Waals surface area contributed by atoms with E-state index in [-0.39, 0.29) is 41.7 Å². The molecule has 1 amide bonds. The van der Waals surface area contributed by atoms with Crippen LogP contribution in [0.5, 0.6) is 5.75 Å². The molecule has 0 unspecified atom stereocenters. The summed E-state index contributed by atoms with van der Waals surface area (Å²) in [5.74, 6) is -1.54. The van der Waals surface area contributed by atoms with E-state index in [9.17, 15) is 19.1 Å². The molecule has 136 valence electrons. The van der Waals surface area contributed by atoms with E-state index >= 15 is 0 Å². The summed E-state index contributed by atoms with van der Waals surface area (Å²) in [6, 6.07) is 9.14. The monoisotopic (exact) mass is 366 g/mol. The minimum absolute atomic E-state index is 0.0591. The fourth-order valence-electron chi connectivity index (χ4n) is 3.52. The highest BCUT2D eigenvalue weighted by Crippen LogP contribution is 2.40. The van der Waals surface area contributed by atoms with Gasteiger partial charge in [-0.1, -0.05) is 18.2 Å². The summed E-state index contributed by atoms with van der Waals surface area (Å²) in [6.07, 6.45) is 1.53. The average molecular weight is 366 g/mol. The third-order valence-electron chi connectivity index (χ3n) is 4.68. The number of pyridine rings is 1. The Morgan fingerprint density at radius 3 is 2.70 bits per heavy atom. The number of benzene rings is 2. The van der Waals surface area contributed by atoms with Crippen LogP contribution in [0.2, 0.25) is 0 Å². The van der Waals surface area contributed by atoms with E-state index < -0.39 is 5.97 Å². The van der Waals surface area contributed by atoms with Gasteiger partial charge < -0.3 is 14.7 Å². The topological polar surface area (TPSA) is 79.7 Å². The number of aromatic nitrogens is 1. The lowest BCUT2D eigenvalue weighted by molar-refractivity contribution is 0.0693. The number of hydrogen-bond donors (Lipinski definition) is 1. The largest absolute Gasteiger partial charge is 0.494 e. The number of hydrogen-bond acceptors (Lipinski definition) is 4. The van der Waals surface area contributed by atoms with Gasteiger partial charge in [-0.3, -0.25) is 9.78 Å². The van der Waals surface area contributed by atoms with E-state index in [1.165, 1.54) is 30.3 Å². The molecule has 1 aromatic heterocycles. The van der Waals surface area contributed by atoms with Gasteiger partial charge in [-0.05, 0) is 23.8 Å². The number of aromatic carboxylic acids is 1. The molecule has 4 rings (SSSR count). The molecule has 0 aliphatic carbocycles. The van der Waals surface area contributed by atoms with Gasteiger partial charge in [-0.15, -0.1) is 0 Å². The number of rotatable bonds is 4. The van der Waals surface area contributed by atoms with Gasteiger partial charge in [0, 0.05) is 30.2 Å². The van der Waals surface area contributed by atoms with E-state index in [2.05, 4.69) is 4.98 Å². The average Bonchev–Trinajstić information content (AvgIpc) is 2.97. The van der Waals surface area contributed by atoms with Crippen LogP contribution in [0.3, 0.4) is 0 Å². The Bertz CT molecular complexity index is 1080. The SMILES string of the molecule is COc1c2c(c(C(=O)O)c3cccnc13)CN(Cc1ccc(F)cc1)C2=O. The first-order valence-corrected chi connectivity index (χ1v) is 8.25. The molecule has 7 heteroatoms. The quantitative estimate of drug-likeness (QED) is 0.767. The lowest BCUT2D eigenvalue weighted by atomic mass is 9.97. The van der Waals surface area contributed by atoms with E-state index in [1.54, 1.807) is 24.3 Å². The Labute approximate surface area is 153 Å². The maximum atomic E-state index is 13.1. The summed E-state index contributed by atoms with van der Waals surface area (Å²) in [4.78, 5) is 30.7. The number of ether oxygens (including phenoxy) is 1. The van der Waals surface area contributed by atoms with Crippen molar-refractivity contribution in [3.05, 3.63) is 70.7 Å².